The van der Waals surface area contributed by atoms with Gasteiger partial charge in [0, 0.05) is 14.1 Å². The lowest BCUT2D eigenvalue weighted by atomic mass is 9.76. The molecule has 0 aliphatic carbocycles. The summed E-state index contributed by atoms with van der Waals surface area (Å²) in [7, 11) is 3.48. The first-order valence-electron chi connectivity index (χ1n) is 9.13. The van der Waals surface area contributed by atoms with Crippen molar-refractivity contribution in [2.24, 2.45) is 5.41 Å². The van der Waals surface area contributed by atoms with Crippen LogP contribution in [0.1, 0.15) is 30.8 Å². The lowest BCUT2D eigenvalue weighted by Gasteiger charge is -2.38. The Hall–Kier alpha value is -1.37. The van der Waals surface area contributed by atoms with Crippen molar-refractivity contribution in [1.29, 1.82) is 0 Å². The lowest BCUT2D eigenvalue weighted by Crippen LogP contribution is -2.40. The number of piperidine rings is 1. The molecule has 2 aliphatic heterocycles. The van der Waals surface area contributed by atoms with Gasteiger partial charge in [-0.3, -0.25) is 9.69 Å². The van der Waals surface area contributed by atoms with Crippen LogP contribution in [-0.4, -0.2) is 68.8 Å². The highest BCUT2D eigenvalue weighted by molar-refractivity contribution is 5.76. The molecule has 0 saturated carbocycles. The molecule has 2 aliphatic rings. The van der Waals surface area contributed by atoms with Gasteiger partial charge < -0.3 is 18.8 Å². The second-order valence-electron chi connectivity index (χ2n) is 7.73. The van der Waals surface area contributed by atoms with Crippen LogP contribution in [0.3, 0.4) is 0 Å². The SMILES string of the molecule is Cc1ccc(CN2CCC3(CC2)COC(COCC(=O)N(C)C)C3)o1. The van der Waals surface area contributed by atoms with Crippen LogP contribution in [0.2, 0.25) is 0 Å². The smallest absolute Gasteiger partial charge is 0.248 e. The lowest BCUT2D eigenvalue weighted by molar-refractivity contribution is -0.134. The zero-order valence-electron chi connectivity index (χ0n) is 15.6. The van der Waals surface area contributed by atoms with Gasteiger partial charge in [0.1, 0.15) is 18.1 Å². The van der Waals surface area contributed by atoms with Gasteiger partial charge >= 0.3 is 0 Å². The van der Waals surface area contributed by atoms with E-state index in [1.165, 1.54) is 0 Å². The molecule has 1 atom stereocenters. The van der Waals surface area contributed by atoms with E-state index in [-0.39, 0.29) is 24.0 Å². The van der Waals surface area contributed by atoms with E-state index in [2.05, 4.69) is 11.0 Å². The van der Waals surface area contributed by atoms with Crippen molar-refractivity contribution in [3.8, 4) is 0 Å². The zero-order chi connectivity index (χ0) is 17.9. The normalized spacial score (nSPS) is 23.2. The minimum atomic E-state index is -0.00539. The summed E-state index contributed by atoms with van der Waals surface area (Å²) in [6.07, 6.45) is 3.46. The summed E-state index contributed by atoms with van der Waals surface area (Å²) >= 11 is 0. The van der Waals surface area contributed by atoms with Gasteiger partial charge in [0.15, 0.2) is 0 Å². The maximum absolute atomic E-state index is 11.5. The number of aryl methyl sites for hydroxylation is 1. The molecule has 25 heavy (non-hydrogen) atoms. The van der Waals surface area contributed by atoms with Crippen LogP contribution in [0, 0.1) is 12.3 Å². The van der Waals surface area contributed by atoms with E-state index in [0.717, 1.165) is 57.0 Å². The number of ether oxygens (including phenoxy) is 2. The minimum Gasteiger partial charge on any atom is -0.465 e. The number of amides is 1. The fourth-order valence-corrected chi connectivity index (χ4v) is 3.73. The first-order chi connectivity index (χ1) is 12.0. The van der Waals surface area contributed by atoms with Crippen molar-refractivity contribution in [2.45, 2.75) is 38.8 Å². The summed E-state index contributed by atoms with van der Waals surface area (Å²) in [6.45, 7) is 6.50. The van der Waals surface area contributed by atoms with E-state index in [0.29, 0.717) is 6.61 Å². The predicted octanol–water partition coefficient (Wildman–Crippen LogP) is 2.06. The molecule has 1 spiro atoms. The molecule has 1 aromatic rings. The second-order valence-corrected chi connectivity index (χ2v) is 7.73. The highest BCUT2D eigenvalue weighted by Crippen LogP contribution is 2.42. The molecule has 2 fully saturated rings. The van der Waals surface area contributed by atoms with Crippen LogP contribution in [0.25, 0.3) is 0 Å². The molecular formula is C19H30N2O4. The summed E-state index contributed by atoms with van der Waals surface area (Å²) in [5.74, 6) is 2.02. The molecule has 0 bridgehead atoms. The molecule has 3 heterocycles. The van der Waals surface area contributed by atoms with Gasteiger partial charge in [-0.2, -0.15) is 0 Å². The van der Waals surface area contributed by atoms with Gasteiger partial charge in [-0.1, -0.05) is 0 Å². The van der Waals surface area contributed by atoms with E-state index in [1.807, 2.05) is 13.0 Å². The summed E-state index contributed by atoms with van der Waals surface area (Å²) < 4.78 is 17.2. The number of nitrogens with zero attached hydrogens (tertiary/aromatic N) is 2. The Morgan fingerprint density at radius 3 is 2.76 bits per heavy atom. The fourth-order valence-electron chi connectivity index (χ4n) is 3.73. The van der Waals surface area contributed by atoms with E-state index in [4.69, 9.17) is 13.9 Å². The number of carbonyl (C=O) groups excluding carboxylic acids is 1. The van der Waals surface area contributed by atoms with Gasteiger partial charge in [-0.15, -0.1) is 0 Å². The average molecular weight is 350 g/mol. The first-order valence-corrected chi connectivity index (χ1v) is 9.13. The Morgan fingerprint density at radius 2 is 2.12 bits per heavy atom. The second kappa shape index (κ2) is 7.89. The molecule has 2 saturated heterocycles. The van der Waals surface area contributed by atoms with Gasteiger partial charge in [0.25, 0.3) is 0 Å². The van der Waals surface area contributed by atoms with E-state index in [9.17, 15) is 4.79 Å². The Balaban J connectivity index is 1.39. The van der Waals surface area contributed by atoms with Crippen molar-refractivity contribution in [3.05, 3.63) is 23.7 Å². The van der Waals surface area contributed by atoms with Crippen LogP contribution >= 0.6 is 0 Å². The van der Waals surface area contributed by atoms with Crippen molar-refractivity contribution < 1.29 is 18.7 Å². The summed E-state index contributed by atoms with van der Waals surface area (Å²) in [5, 5.41) is 0. The molecule has 3 rings (SSSR count). The first kappa shape index (κ1) is 18.4. The topological polar surface area (TPSA) is 55.2 Å². The van der Waals surface area contributed by atoms with Crippen molar-refractivity contribution in [1.82, 2.24) is 9.80 Å². The highest BCUT2D eigenvalue weighted by atomic mass is 16.5. The largest absolute Gasteiger partial charge is 0.465 e. The molecule has 6 nitrogen and oxygen atoms in total. The molecule has 0 radical (unpaired) electrons. The van der Waals surface area contributed by atoms with Crippen molar-refractivity contribution >= 4 is 5.91 Å². The number of likely N-dealkylation sites (tertiary alicyclic amines) is 1. The number of furan rings is 1. The van der Waals surface area contributed by atoms with Crippen LogP contribution < -0.4 is 0 Å². The maximum Gasteiger partial charge on any atom is 0.248 e. The fraction of sp³-hybridized carbons (Fsp3) is 0.737. The van der Waals surface area contributed by atoms with Gasteiger partial charge in [0.2, 0.25) is 5.91 Å². The third-order valence-corrected chi connectivity index (χ3v) is 5.41. The van der Waals surface area contributed by atoms with E-state index < -0.39 is 0 Å². The minimum absolute atomic E-state index is 0.00539. The standard InChI is InChI=1S/C19H30N2O4/c1-15-4-5-16(25-15)11-21-8-6-19(7-9-21)10-17(24-14-19)12-23-13-18(22)20(2)3/h4-5,17H,6-14H2,1-3H3. The quantitative estimate of drug-likeness (QED) is 0.786. The van der Waals surface area contributed by atoms with Gasteiger partial charge in [-0.25, -0.2) is 0 Å². The van der Waals surface area contributed by atoms with Gasteiger partial charge in [0.05, 0.1) is 25.9 Å². The number of hydrogen-bond acceptors (Lipinski definition) is 5. The summed E-state index contributed by atoms with van der Waals surface area (Å²) in [6, 6.07) is 4.10. The number of likely N-dealkylation sites (N-methyl/N-ethyl adjacent to an activating group) is 1. The van der Waals surface area contributed by atoms with Crippen LogP contribution in [-0.2, 0) is 20.8 Å². The van der Waals surface area contributed by atoms with Crippen molar-refractivity contribution in [3.63, 3.8) is 0 Å². The molecule has 6 heteroatoms. The Labute approximate surface area is 150 Å². The number of carbonyl (C=O) groups is 1. The zero-order valence-corrected chi connectivity index (χ0v) is 15.6. The van der Waals surface area contributed by atoms with Crippen LogP contribution in [0.4, 0.5) is 0 Å². The monoisotopic (exact) mass is 350 g/mol. The molecule has 1 amide bonds. The van der Waals surface area contributed by atoms with E-state index >= 15 is 0 Å². The Morgan fingerprint density at radius 1 is 1.36 bits per heavy atom. The van der Waals surface area contributed by atoms with Crippen molar-refractivity contribution in [2.75, 3.05) is 47.0 Å². The highest BCUT2D eigenvalue weighted by Gasteiger charge is 2.42. The van der Waals surface area contributed by atoms with Crippen LogP contribution in [0.5, 0.6) is 0 Å². The number of rotatable bonds is 6. The average Bonchev–Trinajstić information content (AvgIpc) is 3.16. The van der Waals surface area contributed by atoms with E-state index in [1.54, 1.807) is 19.0 Å². The molecule has 1 aromatic heterocycles. The summed E-state index contributed by atoms with van der Waals surface area (Å²) in [5.41, 5.74) is 0.287. The van der Waals surface area contributed by atoms with Crippen LogP contribution in [0.15, 0.2) is 16.5 Å². The predicted molar refractivity (Wildman–Crippen MR) is 94.3 cm³/mol. The summed E-state index contributed by atoms with van der Waals surface area (Å²) in [4.78, 5) is 15.6. The third kappa shape index (κ3) is 4.84. The Kier molecular flexibility index (Phi) is 5.81. The molecule has 140 valence electrons. The molecular weight excluding hydrogens is 320 g/mol. The maximum atomic E-state index is 11.5. The Bertz CT molecular complexity index is 576. The number of hydrogen-bond donors (Lipinski definition) is 0. The molecule has 0 N–H and O–H groups in total. The third-order valence-electron chi connectivity index (χ3n) is 5.41. The molecule has 0 aromatic carbocycles. The molecule has 1 unspecified atom stereocenters. The van der Waals surface area contributed by atoms with Gasteiger partial charge in [-0.05, 0) is 56.8 Å².